The molecule has 2 heterocycles. The van der Waals surface area contributed by atoms with Gasteiger partial charge in [-0.2, -0.15) is 5.10 Å². The number of ether oxygens (including phenoxy) is 2. The summed E-state index contributed by atoms with van der Waals surface area (Å²) in [5.74, 6) is 2.00. The third-order valence-electron chi connectivity index (χ3n) is 5.26. The molecule has 1 unspecified atom stereocenters. The predicted octanol–water partition coefficient (Wildman–Crippen LogP) is 3.67. The molecule has 1 atom stereocenters. The first-order chi connectivity index (χ1) is 14.2. The summed E-state index contributed by atoms with van der Waals surface area (Å²) < 4.78 is 10.9. The molecule has 0 bridgehead atoms. The second kappa shape index (κ2) is 8.82. The number of aromatic amines is 1. The summed E-state index contributed by atoms with van der Waals surface area (Å²) >= 11 is 0. The van der Waals surface area contributed by atoms with Gasteiger partial charge in [0, 0.05) is 36.7 Å². The largest absolute Gasteiger partial charge is 0.497 e. The fraction of sp³-hybridized carbons (Fsp3) is 0.304. The zero-order valence-electron chi connectivity index (χ0n) is 16.5. The lowest BCUT2D eigenvalue weighted by atomic mass is 10.0. The van der Waals surface area contributed by atoms with Gasteiger partial charge in [-0.05, 0) is 48.9 Å². The Balaban J connectivity index is 1.28. The molecule has 3 aromatic rings. The third-order valence-corrected chi connectivity index (χ3v) is 5.26. The Morgan fingerprint density at radius 3 is 2.66 bits per heavy atom. The molecule has 0 aliphatic carbocycles. The van der Waals surface area contributed by atoms with E-state index in [1.54, 1.807) is 7.11 Å². The lowest BCUT2D eigenvalue weighted by Gasteiger charge is -2.16. The van der Waals surface area contributed by atoms with Gasteiger partial charge in [-0.25, -0.2) is 0 Å². The highest BCUT2D eigenvalue weighted by atomic mass is 16.5. The maximum atomic E-state index is 12.6. The second-order valence-corrected chi connectivity index (χ2v) is 7.19. The summed E-state index contributed by atoms with van der Waals surface area (Å²) in [4.78, 5) is 14.5. The van der Waals surface area contributed by atoms with Crippen molar-refractivity contribution in [3.8, 4) is 11.5 Å². The molecule has 6 nitrogen and oxygen atoms in total. The SMILES string of the molecule is COc1ccc(OCCc2cc(C3CCN(C(=O)c4ccccc4)C3)n[nH]2)cc1. The molecule has 1 fully saturated rings. The first kappa shape index (κ1) is 19.1. The van der Waals surface area contributed by atoms with Crippen LogP contribution in [0.1, 0.15) is 34.1 Å². The molecule has 0 saturated carbocycles. The van der Waals surface area contributed by atoms with Gasteiger partial charge < -0.3 is 14.4 Å². The van der Waals surface area contributed by atoms with E-state index in [1.807, 2.05) is 59.5 Å². The lowest BCUT2D eigenvalue weighted by Crippen LogP contribution is -2.28. The Hall–Kier alpha value is -3.28. The van der Waals surface area contributed by atoms with Crippen molar-refractivity contribution in [2.75, 3.05) is 26.8 Å². The molecule has 0 spiro atoms. The van der Waals surface area contributed by atoms with Crippen molar-refractivity contribution in [3.63, 3.8) is 0 Å². The van der Waals surface area contributed by atoms with Gasteiger partial charge in [-0.15, -0.1) is 0 Å². The fourth-order valence-electron chi connectivity index (χ4n) is 3.62. The van der Waals surface area contributed by atoms with Crippen molar-refractivity contribution in [2.24, 2.45) is 0 Å². The molecule has 1 amide bonds. The summed E-state index contributed by atoms with van der Waals surface area (Å²) in [6, 6.07) is 19.1. The Bertz CT molecular complexity index is 938. The molecule has 1 aromatic heterocycles. The number of rotatable bonds is 7. The van der Waals surface area contributed by atoms with Crippen molar-refractivity contribution in [1.82, 2.24) is 15.1 Å². The van der Waals surface area contributed by atoms with E-state index in [0.29, 0.717) is 13.2 Å². The van der Waals surface area contributed by atoms with Gasteiger partial charge in [0.25, 0.3) is 5.91 Å². The normalized spacial score (nSPS) is 16.0. The Morgan fingerprint density at radius 2 is 1.90 bits per heavy atom. The van der Waals surface area contributed by atoms with E-state index >= 15 is 0 Å². The van der Waals surface area contributed by atoms with Crippen LogP contribution < -0.4 is 9.47 Å². The second-order valence-electron chi connectivity index (χ2n) is 7.19. The van der Waals surface area contributed by atoms with Gasteiger partial charge in [0.05, 0.1) is 19.4 Å². The molecule has 2 aromatic carbocycles. The van der Waals surface area contributed by atoms with Crippen LogP contribution in [0.3, 0.4) is 0 Å². The van der Waals surface area contributed by atoms with Crippen molar-refractivity contribution in [2.45, 2.75) is 18.8 Å². The molecule has 1 aliphatic heterocycles. The number of aromatic nitrogens is 2. The standard InChI is InChI=1S/C23H25N3O3/c1-28-20-7-9-21(10-8-20)29-14-12-19-15-22(25-24-19)18-11-13-26(16-18)23(27)17-5-3-2-4-6-17/h2-10,15,18H,11-14,16H2,1H3,(H,24,25). The van der Waals surface area contributed by atoms with Gasteiger partial charge in [0.1, 0.15) is 11.5 Å². The number of nitrogens with one attached hydrogen (secondary N) is 1. The first-order valence-electron chi connectivity index (χ1n) is 9.88. The van der Waals surface area contributed by atoms with Crippen LogP contribution in [-0.2, 0) is 6.42 Å². The van der Waals surface area contributed by atoms with E-state index in [-0.39, 0.29) is 11.8 Å². The maximum absolute atomic E-state index is 12.6. The molecule has 6 heteroatoms. The summed E-state index contributed by atoms with van der Waals surface area (Å²) in [6.45, 7) is 2.04. The molecule has 1 saturated heterocycles. The highest BCUT2D eigenvalue weighted by molar-refractivity contribution is 5.94. The highest BCUT2D eigenvalue weighted by Crippen LogP contribution is 2.27. The van der Waals surface area contributed by atoms with Gasteiger partial charge in [0.15, 0.2) is 0 Å². The monoisotopic (exact) mass is 391 g/mol. The van der Waals surface area contributed by atoms with E-state index < -0.39 is 0 Å². The lowest BCUT2D eigenvalue weighted by molar-refractivity contribution is 0.0790. The van der Waals surface area contributed by atoms with Gasteiger partial charge >= 0.3 is 0 Å². The quantitative estimate of drug-likeness (QED) is 0.667. The van der Waals surface area contributed by atoms with Gasteiger partial charge in [-0.1, -0.05) is 18.2 Å². The Kier molecular flexibility index (Phi) is 5.79. The summed E-state index contributed by atoms with van der Waals surface area (Å²) in [5.41, 5.74) is 2.81. The smallest absolute Gasteiger partial charge is 0.253 e. The van der Waals surface area contributed by atoms with E-state index in [1.165, 1.54) is 0 Å². The molecule has 150 valence electrons. The Morgan fingerprint density at radius 1 is 1.14 bits per heavy atom. The topological polar surface area (TPSA) is 67.5 Å². The number of benzene rings is 2. The number of likely N-dealkylation sites (tertiary alicyclic amines) is 1. The van der Waals surface area contributed by atoms with Gasteiger partial charge in [-0.3, -0.25) is 9.89 Å². The average Bonchev–Trinajstić information content (AvgIpc) is 3.44. The minimum absolute atomic E-state index is 0.0942. The number of methoxy groups -OCH3 is 1. The number of nitrogens with zero attached hydrogens (tertiary/aromatic N) is 2. The van der Waals surface area contributed by atoms with Crippen molar-refractivity contribution in [3.05, 3.63) is 77.6 Å². The Labute approximate surface area is 170 Å². The molecular formula is C23H25N3O3. The number of hydrogen-bond acceptors (Lipinski definition) is 4. The summed E-state index contributed by atoms with van der Waals surface area (Å²) in [7, 11) is 1.65. The summed E-state index contributed by atoms with van der Waals surface area (Å²) in [5, 5.41) is 7.59. The number of carbonyl (C=O) groups excluding carboxylic acids is 1. The van der Waals surface area contributed by atoms with E-state index in [4.69, 9.17) is 9.47 Å². The maximum Gasteiger partial charge on any atom is 0.253 e. The van der Waals surface area contributed by atoms with E-state index in [9.17, 15) is 4.79 Å². The minimum Gasteiger partial charge on any atom is -0.497 e. The fourth-order valence-corrected chi connectivity index (χ4v) is 3.62. The van der Waals surface area contributed by atoms with Crippen LogP contribution >= 0.6 is 0 Å². The minimum atomic E-state index is 0.0942. The molecular weight excluding hydrogens is 366 g/mol. The van der Waals surface area contributed by atoms with Crippen LogP contribution in [-0.4, -0.2) is 47.8 Å². The molecule has 1 N–H and O–H groups in total. The van der Waals surface area contributed by atoms with Crippen LogP contribution in [0.4, 0.5) is 0 Å². The number of H-pyrrole nitrogens is 1. The van der Waals surface area contributed by atoms with Crippen molar-refractivity contribution < 1.29 is 14.3 Å². The van der Waals surface area contributed by atoms with Crippen LogP contribution in [0.15, 0.2) is 60.7 Å². The van der Waals surface area contributed by atoms with Crippen molar-refractivity contribution >= 4 is 5.91 Å². The van der Waals surface area contributed by atoms with Crippen LogP contribution in [0, 0.1) is 0 Å². The molecule has 1 aliphatic rings. The first-order valence-corrected chi connectivity index (χ1v) is 9.88. The average molecular weight is 391 g/mol. The van der Waals surface area contributed by atoms with Crippen molar-refractivity contribution in [1.29, 1.82) is 0 Å². The molecule has 29 heavy (non-hydrogen) atoms. The van der Waals surface area contributed by atoms with E-state index in [0.717, 1.165) is 47.8 Å². The van der Waals surface area contributed by atoms with Gasteiger partial charge in [0.2, 0.25) is 0 Å². The van der Waals surface area contributed by atoms with Crippen LogP contribution in [0.5, 0.6) is 11.5 Å². The number of carbonyl (C=O) groups is 1. The summed E-state index contributed by atoms with van der Waals surface area (Å²) in [6.07, 6.45) is 1.68. The highest BCUT2D eigenvalue weighted by Gasteiger charge is 2.29. The number of amides is 1. The molecule has 4 rings (SSSR count). The third kappa shape index (κ3) is 4.59. The van der Waals surface area contributed by atoms with E-state index in [2.05, 4.69) is 16.3 Å². The zero-order chi connectivity index (χ0) is 20.1. The molecule has 0 radical (unpaired) electrons. The zero-order valence-corrected chi connectivity index (χ0v) is 16.5. The van der Waals surface area contributed by atoms with Crippen LogP contribution in [0.2, 0.25) is 0 Å². The predicted molar refractivity (Wildman–Crippen MR) is 110 cm³/mol. The number of hydrogen-bond donors (Lipinski definition) is 1. The van der Waals surface area contributed by atoms with Crippen LogP contribution in [0.25, 0.3) is 0 Å².